The lowest BCUT2D eigenvalue weighted by Gasteiger charge is -2.08. The fourth-order valence-corrected chi connectivity index (χ4v) is 3.84. The number of nitrogens with zero attached hydrogens (tertiary/aromatic N) is 2. The van der Waals surface area contributed by atoms with E-state index in [1.807, 2.05) is 18.2 Å². The number of aromatic nitrogens is 2. The van der Waals surface area contributed by atoms with E-state index in [0.29, 0.717) is 23.0 Å². The lowest BCUT2D eigenvalue weighted by Crippen LogP contribution is -2.06. The van der Waals surface area contributed by atoms with Crippen LogP contribution >= 0.6 is 11.3 Å². The number of aldehydes is 1. The van der Waals surface area contributed by atoms with E-state index in [0.717, 1.165) is 34.5 Å². The van der Waals surface area contributed by atoms with Crippen LogP contribution in [0.1, 0.15) is 34.8 Å². The van der Waals surface area contributed by atoms with Crippen molar-refractivity contribution in [1.29, 1.82) is 0 Å². The third-order valence-corrected chi connectivity index (χ3v) is 5.06. The Kier molecular flexibility index (Phi) is 5.37. The van der Waals surface area contributed by atoms with E-state index >= 15 is 0 Å². The van der Waals surface area contributed by atoms with E-state index in [4.69, 9.17) is 9.47 Å². The minimum atomic E-state index is -0.285. The molecule has 1 aromatic carbocycles. The molecule has 2 heterocycles. The maximum atomic E-state index is 11.7. The van der Waals surface area contributed by atoms with Gasteiger partial charge >= 0.3 is 5.97 Å². The fraction of sp³-hybridized carbons (Fsp3) is 0.316. The molecule has 0 spiro atoms. The predicted molar refractivity (Wildman–Crippen MR) is 100 cm³/mol. The molecule has 0 amide bonds. The van der Waals surface area contributed by atoms with Gasteiger partial charge in [0, 0.05) is 16.6 Å². The fourth-order valence-electron chi connectivity index (χ4n) is 2.87. The zero-order valence-electron chi connectivity index (χ0n) is 14.9. The molecule has 6 nitrogen and oxygen atoms in total. The quantitative estimate of drug-likeness (QED) is 0.469. The number of fused-ring (bicyclic) bond motifs is 1. The smallest absolute Gasteiger partial charge is 0.311 e. The van der Waals surface area contributed by atoms with E-state index in [1.165, 1.54) is 11.3 Å². The molecule has 3 aromatic rings. The Labute approximate surface area is 155 Å². The van der Waals surface area contributed by atoms with E-state index in [-0.39, 0.29) is 12.4 Å². The van der Waals surface area contributed by atoms with Gasteiger partial charge in [0.2, 0.25) is 0 Å². The minimum Gasteiger partial charge on any atom is -0.496 e. The Balaban J connectivity index is 2.01. The second-order valence-electron chi connectivity index (χ2n) is 5.68. The lowest BCUT2D eigenvalue weighted by molar-refractivity contribution is -0.142. The molecule has 0 fully saturated rings. The van der Waals surface area contributed by atoms with Crippen molar-refractivity contribution in [3.8, 4) is 17.0 Å². The molecule has 0 aliphatic rings. The van der Waals surface area contributed by atoms with Gasteiger partial charge in [-0.2, -0.15) is 0 Å². The molecule has 0 aliphatic heterocycles. The average Bonchev–Trinajstić information content (AvgIpc) is 3.17. The number of rotatable bonds is 7. The first-order valence-corrected chi connectivity index (χ1v) is 9.21. The van der Waals surface area contributed by atoms with Gasteiger partial charge in [0.05, 0.1) is 20.1 Å². The van der Waals surface area contributed by atoms with Gasteiger partial charge in [0.15, 0.2) is 11.2 Å². The van der Waals surface area contributed by atoms with Crippen LogP contribution in [0.5, 0.6) is 5.75 Å². The van der Waals surface area contributed by atoms with E-state index in [9.17, 15) is 9.59 Å². The van der Waals surface area contributed by atoms with Crippen LogP contribution in [0.2, 0.25) is 0 Å². The third-order valence-electron chi connectivity index (χ3n) is 4.08. The van der Waals surface area contributed by atoms with Crippen LogP contribution in [0.3, 0.4) is 0 Å². The van der Waals surface area contributed by atoms with Crippen LogP contribution in [-0.4, -0.2) is 35.4 Å². The number of carbonyl (C=O) groups is 2. The van der Waals surface area contributed by atoms with Crippen molar-refractivity contribution in [3.05, 3.63) is 40.5 Å². The first-order chi connectivity index (χ1) is 12.6. The number of methoxy groups -OCH3 is 1. The van der Waals surface area contributed by atoms with E-state index in [1.54, 1.807) is 24.6 Å². The molecule has 136 valence electrons. The highest BCUT2D eigenvalue weighted by molar-refractivity contribution is 7.17. The molecule has 0 aliphatic carbocycles. The number of carbonyl (C=O) groups excluding carboxylic acids is 2. The number of hydrogen-bond donors (Lipinski definition) is 0. The van der Waals surface area contributed by atoms with Crippen molar-refractivity contribution in [2.45, 2.75) is 26.7 Å². The van der Waals surface area contributed by atoms with Gasteiger partial charge in [-0.15, -0.1) is 11.3 Å². The molecule has 0 N–H and O–H groups in total. The molecular formula is C19H20N2O4S. The lowest BCUT2D eigenvalue weighted by atomic mass is 10.0. The summed E-state index contributed by atoms with van der Waals surface area (Å²) in [6.45, 7) is 4.17. The van der Waals surface area contributed by atoms with Crippen molar-refractivity contribution < 1.29 is 19.1 Å². The number of thiazole rings is 1. The molecular weight excluding hydrogens is 352 g/mol. The summed E-state index contributed by atoms with van der Waals surface area (Å²) in [5, 5.41) is 0. The summed E-state index contributed by atoms with van der Waals surface area (Å²) < 4.78 is 12.1. The number of ether oxygens (including phenoxy) is 2. The van der Waals surface area contributed by atoms with Crippen molar-refractivity contribution in [1.82, 2.24) is 9.38 Å². The Hall–Kier alpha value is -2.67. The van der Waals surface area contributed by atoms with Crippen LogP contribution in [0.25, 0.3) is 16.2 Å². The molecule has 0 saturated heterocycles. The highest BCUT2D eigenvalue weighted by Gasteiger charge is 2.18. The van der Waals surface area contributed by atoms with Crippen molar-refractivity contribution in [3.63, 3.8) is 0 Å². The maximum Gasteiger partial charge on any atom is 0.311 e. The number of benzene rings is 1. The summed E-state index contributed by atoms with van der Waals surface area (Å²) in [5.41, 5.74) is 3.03. The Bertz CT molecular complexity index is 958. The topological polar surface area (TPSA) is 69.9 Å². The maximum absolute atomic E-state index is 11.7. The van der Waals surface area contributed by atoms with Crippen LogP contribution in [-0.2, 0) is 22.4 Å². The third kappa shape index (κ3) is 3.35. The molecule has 3 rings (SSSR count). The monoisotopic (exact) mass is 372 g/mol. The molecule has 0 atom stereocenters. The second-order valence-corrected chi connectivity index (χ2v) is 6.77. The van der Waals surface area contributed by atoms with E-state index in [2.05, 4.69) is 11.9 Å². The highest BCUT2D eigenvalue weighted by Crippen LogP contribution is 2.31. The second kappa shape index (κ2) is 7.70. The summed E-state index contributed by atoms with van der Waals surface area (Å²) in [5.74, 6) is 0.536. The van der Waals surface area contributed by atoms with Gasteiger partial charge in [-0.3, -0.25) is 14.0 Å². The van der Waals surface area contributed by atoms with Crippen LogP contribution in [0, 0.1) is 0 Å². The zero-order valence-corrected chi connectivity index (χ0v) is 15.8. The van der Waals surface area contributed by atoms with Crippen LogP contribution < -0.4 is 4.74 Å². The van der Waals surface area contributed by atoms with Crippen LogP contribution in [0.15, 0.2) is 24.4 Å². The largest absolute Gasteiger partial charge is 0.496 e. The van der Waals surface area contributed by atoms with Gasteiger partial charge in [-0.1, -0.05) is 6.92 Å². The number of aryl methyl sites for hydroxylation is 1. The van der Waals surface area contributed by atoms with Crippen LogP contribution in [0.4, 0.5) is 0 Å². The summed E-state index contributed by atoms with van der Waals surface area (Å²) in [4.78, 5) is 29.5. The summed E-state index contributed by atoms with van der Waals surface area (Å²) in [6.07, 6.45) is 3.57. The Morgan fingerprint density at radius 2 is 2.15 bits per heavy atom. The Morgan fingerprint density at radius 3 is 2.81 bits per heavy atom. The standard InChI is InChI=1S/C19H20N2O4S/c1-4-12-8-13(6-7-16(12)24-3)18-15(11-22)21-10-14(26-19(21)20-18)9-17(23)25-5-2/h6-8,10-11H,4-5,9H2,1-3H3. The van der Waals surface area contributed by atoms with Crippen molar-refractivity contribution in [2.75, 3.05) is 13.7 Å². The number of esters is 1. The minimum absolute atomic E-state index is 0.179. The van der Waals surface area contributed by atoms with Gasteiger partial charge in [-0.05, 0) is 37.1 Å². The molecule has 7 heteroatoms. The summed E-state index contributed by atoms with van der Waals surface area (Å²) in [7, 11) is 1.64. The van der Waals surface area contributed by atoms with Crippen molar-refractivity contribution in [2.24, 2.45) is 0 Å². The molecule has 2 aromatic heterocycles. The first-order valence-electron chi connectivity index (χ1n) is 8.40. The first kappa shape index (κ1) is 18.1. The van der Waals surface area contributed by atoms with Crippen molar-refractivity contribution >= 4 is 28.6 Å². The van der Waals surface area contributed by atoms with E-state index < -0.39 is 0 Å². The molecule has 26 heavy (non-hydrogen) atoms. The molecule has 0 saturated carbocycles. The summed E-state index contributed by atoms with van der Waals surface area (Å²) >= 11 is 1.38. The summed E-state index contributed by atoms with van der Waals surface area (Å²) in [6, 6.07) is 5.79. The van der Waals surface area contributed by atoms with Gasteiger partial charge < -0.3 is 9.47 Å². The van der Waals surface area contributed by atoms with Gasteiger partial charge in [-0.25, -0.2) is 4.98 Å². The molecule has 0 unspecified atom stereocenters. The van der Waals surface area contributed by atoms with Gasteiger partial charge in [0.1, 0.15) is 17.1 Å². The highest BCUT2D eigenvalue weighted by atomic mass is 32.1. The van der Waals surface area contributed by atoms with Gasteiger partial charge in [0.25, 0.3) is 0 Å². The SMILES string of the molecule is CCOC(=O)Cc1cn2c(C=O)c(-c3ccc(OC)c(CC)c3)nc2s1. The predicted octanol–water partition coefficient (Wildman–Crippen LogP) is 3.55. The normalized spacial score (nSPS) is 10.9. The molecule has 0 radical (unpaired) electrons. The Morgan fingerprint density at radius 1 is 1.35 bits per heavy atom. The zero-order chi connectivity index (χ0) is 18.7. The number of hydrogen-bond acceptors (Lipinski definition) is 6. The number of imidazole rings is 1. The molecule has 0 bridgehead atoms. The average molecular weight is 372 g/mol.